The SMILES string of the molecule is COC(=O)CCN(C)C(C)=O. The van der Waals surface area contributed by atoms with Crippen molar-refractivity contribution in [3.63, 3.8) is 0 Å². The maximum atomic E-state index is 10.6. The van der Waals surface area contributed by atoms with Crippen LogP contribution in [0.4, 0.5) is 0 Å². The van der Waals surface area contributed by atoms with Gasteiger partial charge in [-0.1, -0.05) is 0 Å². The summed E-state index contributed by atoms with van der Waals surface area (Å²) < 4.78 is 4.40. The highest BCUT2D eigenvalue weighted by Gasteiger charge is 2.05. The highest BCUT2D eigenvalue weighted by atomic mass is 16.5. The molecular weight excluding hydrogens is 146 g/mol. The molecule has 0 aliphatic carbocycles. The van der Waals surface area contributed by atoms with E-state index < -0.39 is 0 Å². The summed E-state index contributed by atoms with van der Waals surface area (Å²) in [5, 5.41) is 0. The van der Waals surface area contributed by atoms with Crippen molar-refractivity contribution < 1.29 is 14.3 Å². The Kier molecular flexibility index (Phi) is 4.26. The minimum atomic E-state index is -0.293. The number of carbonyl (C=O) groups is 2. The molecule has 4 heteroatoms. The van der Waals surface area contributed by atoms with Crippen LogP contribution < -0.4 is 0 Å². The first-order valence-electron chi connectivity index (χ1n) is 3.36. The summed E-state index contributed by atoms with van der Waals surface area (Å²) >= 11 is 0. The third kappa shape index (κ3) is 4.36. The van der Waals surface area contributed by atoms with Gasteiger partial charge in [-0.15, -0.1) is 0 Å². The molecule has 0 aliphatic heterocycles. The molecule has 0 rings (SSSR count). The van der Waals surface area contributed by atoms with Gasteiger partial charge in [-0.3, -0.25) is 9.59 Å². The molecule has 0 fully saturated rings. The van der Waals surface area contributed by atoms with Crippen LogP contribution in [0.5, 0.6) is 0 Å². The number of carbonyl (C=O) groups excluding carboxylic acids is 2. The lowest BCUT2D eigenvalue weighted by Crippen LogP contribution is -2.26. The van der Waals surface area contributed by atoms with E-state index in [9.17, 15) is 9.59 Å². The molecule has 0 bridgehead atoms. The number of hydrogen-bond donors (Lipinski definition) is 0. The van der Waals surface area contributed by atoms with E-state index >= 15 is 0 Å². The van der Waals surface area contributed by atoms with E-state index in [1.165, 1.54) is 18.9 Å². The molecule has 0 saturated heterocycles. The third-order valence-corrected chi connectivity index (χ3v) is 1.42. The molecule has 0 aliphatic rings. The normalized spacial score (nSPS) is 9.00. The predicted molar refractivity (Wildman–Crippen MR) is 39.9 cm³/mol. The minimum Gasteiger partial charge on any atom is -0.469 e. The monoisotopic (exact) mass is 159 g/mol. The number of esters is 1. The standard InChI is InChI=1S/C7H13NO3/c1-6(9)8(2)5-4-7(10)11-3/h4-5H2,1-3H3. The maximum absolute atomic E-state index is 10.6. The minimum absolute atomic E-state index is 0.0473. The number of hydrogen-bond acceptors (Lipinski definition) is 3. The fraction of sp³-hybridized carbons (Fsp3) is 0.714. The molecule has 0 radical (unpaired) electrons. The van der Waals surface area contributed by atoms with E-state index in [0.717, 1.165) is 0 Å². The van der Waals surface area contributed by atoms with Gasteiger partial charge in [0.1, 0.15) is 0 Å². The molecule has 0 aromatic carbocycles. The zero-order valence-corrected chi connectivity index (χ0v) is 7.09. The molecular formula is C7H13NO3. The van der Waals surface area contributed by atoms with Gasteiger partial charge in [0.2, 0.25) is 5.91 Å². The molecule has 0 aromatic rings. The summed E-state index contributed by atoms with van der Waals surface area (Å²) in [5.74, 6) is -0.341. The fourth-order valence-electron chi connectivity index (χ4n) is 0.519. The van der Waals surface area contributed by atoms with Crippen LogP contribution in [0.2, 0.25) is 0 Å². The summed E-state index contributed by atoms with van der Waals surface area (Å²) in [6.45, 7) is 1.87. The van der Waals surface area contributed by atoms with E-state index in [1.54, 1.807) is 7.05 Å². The largest absolute Gasteiger partial charge is 0.469 e. The fourth-order valence-corrected chi connectivity index (χ4v) is 0.519. The van der Waals surface area contributed by atoms with Gasteiger partial charge in [-0.25, -0.2) is 0 Å². The summed E-state index contributed by atoms with van der Waals surface area (Å²) in [5.41, 5.74) is 0. The predicted octanol–water partition coefficient (Wildman–Crippen LogP) is 0.0278. The van der Waals surface area contributed by atoms with Crippen molar-refractivity contribution in [1.82, 2.24) is 4.90 Å². The lowest BCUT2D eigenvalue weighted by molar-refractivity contribution is -0.141. The van der Waals surface area contributed by atoms with Gasteiger partial charge >= 0.3 is 5.97 Å². The van der Waals surface area contributed by atoms with Crippen LogP contribution in [0.3, 0.4) is 0 Å². The van der Waals surface area contributed by atoms with Crippen molar-refractivity contribution in [2.24, 2.45) is 0 Å². The van der Waals surface area contributed by atoms with Gasteiger partial charge < -0.3 is 9.64 Å². The smallest absolute Gasteiger partial charge is 0.307 e. The molecule has 0 N–H and O–H groups in total. The first kappa shape index (κ1) is 9.94. The lowest BCUT2D eigenvalue weighted by Gasteiger charge is -2.12. The van der Waals surface area contributed by atoms with Gasteiger partial charge in [-0.2, -0.15) is 0 Å². The molecule has 0 spiro atoms. The van der Waals surface area contributed by atoms with Crippen LogP contribution in [-0.2, 0) is 14.3 Å². The van der Waals surface area contributed by atoms with E-state index in [0.29, 0.717) is 6.54 Å². The average molecular weight is 159 g/mol. The van der Waals surface area contributed by atoms with Crippen molar-refractivity contribution in [2.45, 2.75) is 13.3 Å². The maximum Gasteiger partial charge on any atom is 0.307 e. The molecule has 0 heterocycles. The number of rotatable bonds is 3. The zero-order chi connectivity index (χ0) is 8.85. The Hall–Kier alpha value is -1.06. The quantitative estimate of drug-likeness (QED) is 0.546. The molecule has 0 saturated carbocycles. The van der Waals surface area contributed by atoms with Crippen molar-refractivity contribution in [1.29, 1.82) is 0 Å². The van der Waals surface area contributed by atoms with Crippen LogP contribution in [0, 0.1) is 0 Å². The molecule has 11 heavy (non-hydrogen) atoms. The number of ether oxygens (including phenoxy) is 1. The highest BCUT2D eigenvalue weighted by molar-refractivity contribution is 5.74. The van der Waals surface area contributed by atoms with Gasteiger partial charge in [0, 0.05) is 20.5 Å². The van der Waals surface area contributed by atoms with E-state index in [-0.39, 0.29) is 18.3 Å². The van der Waals surface area contributed by atoms with Crippen LogP contribution in [-0.4, -0.2) is 37.5 Å². The molecule has 0 atom stereocenters. The second kappa shape index (κ2) is 4.71. The Balaban J connectivity index is 3.54. The number of amides is 1. The Labute approximate surface area is 66.1 Å². The van der Waals surface area contributed by atoms with Gasteiger partial charge in [0.15, 0.2) is 0 Å². The average Bonchev–Trinajstić information content (AvgIpc) is 1.99. The van der Waals surface area contributed by atoms with Crippen LogP contribution in [0.1, 0.15) is 13.3 Å². The summed E-state index contributed by atoms with van der Waals surface area (Å²) in [4.78, 5) is 22.7. The molecule has 4 nitrogen and oxygen atoms in total. The molecule has 0 unspecified atom stereocenters. The first-order chi connectivity index (χ1) is 5.07. The zero-order valence-electron chi connectivity index (χ0n) is 7.09. The van der Waals surface area contributed by atoms with Crippen LogP contribution >= 0.6 is 0 Å². The third-order valence-electron chi connectivity index (χ3n) is 1.42. The van der Waals surface area contributed by atoms with Crippen LogP contribution in [0.25, 0.3) is 0 Å². The van der Waals surface area contributed by atoms with E-state index in [4.69, 9.17) is 0 Å². The summed E-state index contributed by atoms with van der Waals surface area (Å²) in [6, 6.07) is 0. The van der Waals surface area contributed by atoms with Crippen molar-refractivity contribution in [3.8, 4) is 0 Å². The first-order valence-corrected chi connectivity index (χ1v) is 3.36. The van der Waals surface area contributed by atoms with Gasteiger partial charge in [-0.05, 0) is 0 Å². The van der Waals surface area contributed by atoms with Crippen LogP contribution in [0.15, 0.2) is 0 Å². The summed E-state index contributed by atoms with van der Waals surface area (Å²) in [6.07, 6.45) is 0.257. The Morgan fingerprint density at radius 1 is 1.45 bits per heavy atom. The van der Waals surface area contributed by atoms with Crippen molar-refractivity contribution in [2.75, 3.05) is 20.7 Å². The molecule has 0 aromatic heterocycles. The second-order valence-electron chi connectivity index (χ2n) is 2.27. The topological polar surface area (TPSA) is 46.6 Å². The Morgan fingerprint density at radius 3 is 2.36 bits per heavy atom. The molecule has 1 amide bonds. The summed E-state index contributed by atoms with van der Waals surface area (Å²) in [7, 11) is 2.97. The van der Waals surface area contributed by atoms with E-state index in [1.807, 2.05) is 0 Å². The Bertz CT molecular complexity index is 156. The second-order valence-corrected chi connectivity index (χ2v) is 2.27. The Morgan fingerprint density at radius 2 is 2.00 bits per heavy atom. The number of nitrogens with zero attached hydrogens (tertiary/aromatic N) is 1. The molecule has 64 valence electrons. The van der Waals surface area contributed by atoms with Crippen molar-refractivity contribution in [3.05, 3.63) is 0 Å². The highest BCUT2D eigenvalue weighted by Crippen LogP contribution is 1.89. The van der Waals surface area contributed by atoms with E-state index in [2.05, 4.69) is 4.74 Å². The van der Waals surface area contributed by atoms with Gasteiger partial charge in [0.25, 0.3) is 0 Å². The lowest BCUT2D eigenvalue weighted by atomic mass is 10.4. The van der Waals surface area contributed by atoms with Gasteiger partial charge in [0.05, 0.1) is 13.5 Å². The van der Waals surface area contributed by atoms with Crippen molar-refractivity contribution >= 4 is 11.9 Å². The number of methoxy groups -OCH3 is 1.